The molecule has 4 aromatic rings. The van der Waals surface area contributed by atoms with E-state index in [9.17, 15) is 4.79 Å². The smallest absolute Gasteiger partial charge is 0.246 e. The number of rotatable bonds is 6. The summed E-state index contributed by atoms with van der Waals surface area (Å²) in [4.78, 5) is 29.1. The summed E-state index contributed by atoms with van der Waals surface area (Å²) >= 11 is 7.29. The predicted molar refractivity (Wildman–Crippen MR) is 103 cm³/mol. The number of benzene rings is 1. The number of halogens is 1. The van der Waals surface area contributed by atoms with Gasteiger partial charge in [0, 0.05) is 28.4 Å². The molecule has 0 saturated heterocycles. The molecule has 0 spiro atoms. The van der Waals surface area contributed by atoms with Gasteiger partial charge in [0.25, 0.3) is 0 Å². The highest BCUT2D eigenvalue weighted by molar-refractivity contribution is 7.13. The van der Waals surface area contributed by atoms with Crippen LogP contribution in [0.2, 0.25) is 5.02 Å². The van der Waals surface area contributed by atoms with Crippen molar-refractivity contribution >= 4 is 28.8 Å². The average Bonchev–Trinajstić information content (AvgIpc) is 3.37. The predicted octanol–water partition coefficient (Wildman–Crippen LogP) is 3.16. The molecule has 0 aliphatic rings. The molecule has 0 atom stereocenters. The Labute approximate surface area is 168 Å². The maximum absolute atomic E-state index is 12.2. The van der Waals surface area contributed by atoms with Crippen molar-refractivity contribution in [3.63, 3.8) is 0 Å². The highest BCUT2D eigenvalue weighted by atomic mass is 35.5. The second kappa shape index (κ2) is 8.24. The third kappa shape index (κ3) is 4.38. The molecule has 0 saturated carbocycles. The largest absolute Gasteiger partial charge is 0.347 e. The number of thiazole rings is 1. The van der Waals surface area contributed by atoms with E-state index in [4.69, 9.17) is 16.1 Å². The van der Waals surface area contributed by atoms with Crippen LogP contribution in [0.5, 0.6) is 0 Å². The first-order chi connectivity index (χ1) is 13.7. The van der Waals surface area contributed by atoms with E-state index >= 15 is 0 Å². The van der Waals surface area contributed by atoms with Gasteiger partial charge in [-0.05, 0) is 24.3 Å². The van der Waals surface area contributed by atoms with Crippen molar-refractivity contribution in [1.82, 2.24) is 30.4 Å². The molecule has 0 unspecified atom stereocenters. The van der Waals surface area contributed by atoms with Crippen LogP contribution in [-0.4, -0.2) is 31.0 Å². The van der Waals surface area contributed by atoms with Crippen LogP contribution in [-0.2, 0) is 17.8 Å². The van der Waals surface area contributed by atoms with Crippen LogP contribution < -0.4 is 5.32 Å². The van der Waals surface area contributed by atoms with Gasteiger partial charge in [-0.1, -0.05) is 16.8 Å². The van der Waals surface area contributed by atoms with Crippen molar-refractivity contribution in [2.24, 2.45) is 0 Å². The number of carbonyl (C=O) groups excluding carboxylic acids is 1. The maximum Gasteiger partial charge on any atom is 0.246 e. The lowest BCUT2D eigenvalue weighted by atomic mass is 10.2. The quantitative estimate of drug-likeness (QED) is 0.518. The summed E-state index contributed by atoms with van der Waals surface area (Å²) in [6.45, 7) is 0.139. The number of aromatic nitrogens is 5. The summed E-state index contributed by atoms with van der Waals surface area (Å²) in [5.74, 6) is 0.563. The first-order valence-electron chi connectivity index (χ1n) is 8.23. The van der Waals surface area contributed by atoms with Crippen LogP contribution in [0.1, 0.15) is 11.6 Å². The molecule has 1 amide bonds. The van der Waals surface area contributed by atoms with Gasteiger partial charge in [0.05, 0.1) is 24.9 Å². The first-order valence-corrected chi connectivity index (χ1v) is 9.49. The van der Waals surface area contributed by atoms with E-state index < -0.39 is 0 Å². The normalized spacial score (nSPS) is 10.8. The molecule has 8 nitrogen and oxygen atoms in total. The van der Waals surface area contributed by atoms with E-state index in [1.54, 1.807) is 42.9 Å². The molecule has 3 aromatic heterocycles. The summed E-state index contributed by atoms with van der Waals surface area (Å²) in [6.07, 6.45) is 4.98. The van der Waals surface area contributed by atoms with Crippen molar-refractivity contribution in [2.75, 3.05) is 0 Å². The summed E-state index contributed by atoms with van der Waals surface area (Å²) in [5.41, 5.74) is 2.13. The van der Waals surface area contributed by atoms with Gasteiger partial charge in [-0.15, -0.1) is 11.3 Å². The van der Waals surface area contributed by atoms with Crippen molar-refractivity contribution in [3.05, 3.63) is 64.8 Å². The lowest BCUT2D eigenvalue weighted by Gasteiger charge is -2.00. The minimum Gasteiger partial charge on any atom is -0.347 e. The molecule has 10 heteroatoms. The third-order valence-corrected chi connectivity index (χ3v) is 4.85. The zero-order valence-electron chi connectivity index (χ0n) is 14.4. The summed E-state index contributed by atoms with van der Waals surface area (Å²) in [7, 11) is 0. The first kappa shape index (κ1) is 18.2. The Hall–Kier alpha value is -3.17. The fourth-order valence-corrected chi connectivity index (χ4v) is 3.27. The molecule has 1 aromatic carbocycles. The van der Waals surface area contributed by atoms with Crippen molar-refractivity contribution < 1.29 is 9.32 Å². The van der Waals surface area contributed by atoms with Crippen LogP contribution in [0.15, 0.2) is 52.8 Å². The molecular formula is C18H13ClN6O2S. The Balaban J connectivity index is 1.33. The molecule has 3 heterocycles. The molecular weight excluding hydrogens is 400 g/mol. The SMILES string of the molecule is O=C(Cc1csc(-c2cnccn2)n1)NCc1nc(-c2ccc(Cl)cc2)no1. The Kier molecular flexibility index (Phi) is 5.36. The van der Waals surface area contributed by atoms with Gasteiger partial charge >= 0.3 is 0 Å². The van der Waals surface area contributed by atoms with E-state index in [0.29, 0.717) is 28.1 Å². The number of nitrogens with one attached hydrogen (secondary N) is 1. The number of nitrogens with zero attached hydrogens (tertiary/aromatic N) is 5. The lowest BCUT2D eigenvalue weighted by molar-refractivity contribution is -0.120. The van der Waals surface area contributed by atoms with Gasteiger partial charge in [0.1, 0.15) is 10.7 Å². The van der Waals surface area contributed by atoms with Crippen LogP contribution in [0, 0.1) is 0 Å². The van der Waals surface area contributed by atoms with E-state index in [-0.39, 0.29) is 18.9 Å². The van der Waals surface area contributed by atoms with Crippen LogP contribution in [0.25, 0.3) is 22.1 Å². The van der Waals surface area contributed by atoms with Crippen molar-refractivity contribution in [1.29, 1.82) is 0 Å². The fourth-order valence-electron chi connectivity index (χ4n) is 2.36. The molecule has 0 aliphatic carbocycles. The second-order valence-electron chi connectivity index (χ2n) is 5.71. The minimum atomic E-state index is -0.192. The Bertz CT molecular complexity index is 1080. The maximum atomic E-state index is 12.2. The van der Waals surface area contributed by atoms with Crippen LogP contribution >= 0.6 is 22.9 Å². The van der Waals surface area contributed by atoms with Crippen molar-refractivity contribution in [3.8, 4) is 22.1 Å². The molecule has 0 fully saturated rings. The van der Waals surface area contributed by atoms with Gasteiger partial charge in [0.15, 0.2) is 0 Å². The monoisotopic (exact) mass is 412 g/mol. The zero-order valence-corrected chi connectivity index (χ0v) is 15.9. The van der Waals surface area contributed by atoms with E-state index in [0.717, 1.165) is 10.6 Å². The van der Waals surface area contributed by atoms with E-state index in [1.807, 2.05) is 5.38 Å². The van der Waals surface area contributed by atoms with Crippen molar-refractivity contribution in [2.45, 2.75) is 13.0 Å². The average molecular weight is 413 g/mol. The number of hydrogen-bond acceptors (Lipinski definition) is 8. The molecule has 1 N–H and O–H groups in total. The van der Waals surface area contributed by atoms with Gasteiger partial charge in [0.2, 0.25) is 17.6 Å². The Morgan fingerprint density at radius 2 is 2.04 bits per heavy atom. The zero-order chi connectivity index (χ0) is 19.3. The van der Waals surface area contributed by atoms with E-state index in [2.05, 4.69) is 30.4 Å². The number of carbonyl (C=O) groups is 1. The number of hydrogen-bond donors (Lipinski definition) is 1. The molecule has 28 heavy (non-hydrogen) atoms. The van der Waals surface area contributed by atoms with Gasteiger partial charge in [-0.25, -0.2) is 4.98 Å². The third-order valence-electron chi connectivity index (χ3n) is 3.68. The molecule has 140 valence electrons. The number of amides is 1. The highest BCUT2D eigenvalue weighted by Crippen LogP contribution is 2.21. The van der Waals surface area contributed by atoms with Gasteiger partial charge in [-0.3, -0.25) is 14.8 Å². The van der Waals surface area contributed by atoms with Gasteiger partial charge in [-0.2, -0.15) is 4.98 Å². The summed E-state index contributed by atoms with van der Waals surface area (Å²) < 4.78 is 5.17. The van der Waals surface area contributed by atoms with Gasteiger partial charge < -0.3 is 9.84 Å². The van der Waals surface area contributed by atoms with E-state index in [1.165, 1.54) is 11.3 Å². The fraction of sp³-hybridized carbons (Fsp3) is 0.111. The molecule has 0 aliphatic heterocycles. The molecule has 4 rings (SSSR count). The Morgan fingerprint density at radius 3 is 2.82 bits per heavy atom. The summed E-state index contributed by atoms with van der Waals surface area (Å²) in [5, 5.41) is 9.84. The van der Waals surface area contributed by atoms with Crippen LogP contribution in [0.4, 0.5) is 0 Å². The standard InChI is InChI=1S/C18H13ClN6O2S/c19-12-3-1-11(2-4-12)17-24-16(27-25-17)9-22-15(26)7-13-10-28-18(23-13)14-8-20-5-6-21-14/h1-6,8,10H,7,9H2,(H,22,26). The summed E-state index contributed by atoms with van der Waals surface area (Å²) in [6, 6.07) is 7.09. The Morgan fingerprint density at radius 1 is 1.18 bits per heavy atom. The second-order valence-corrected chi connectivity index (χ2v) is 7.00. The topological polar surface area (TPSA) is 107 Å². The van der Waals surface area contributed by atoms with Crippen LogP contribution in [0.3, 0.4) is 0 Å². The molecule has 0 radical (unpaired) electrons. The lowest BCUT2D eigenvalue weighted by Crippen LogP contribution is -2.24. The molecule has 0 bridgehead atoms. The highest BCUT2D eigenvalue weighted by Gasteiger charge is 2.12. The minimum absolute atomic E-state index is 0.139.